The number of hydrogen-bond donors (Lipinski definition) is 1. The standard InChI is InChI=1S/C27H27N5O2/c28-15-1-3-25(33)21-6-4-20(5-7-21)24-12-16-29-26(31-24)30-22-8-10-23(11-9-22)32-17-2-13-27(19-32)14-18-34-27/h4-12,16H,1-3,13-14,17-19H2,(H,29,30,31)/t27-/m1/s1. The van der Waals surface area contributed by atoms with Gasteiger partial charge in [0.1, 0.15) is 0 Å². The summed E-state index contributed by atoms with van der Waals surface area (Å²) in [5, 5.41) is 11.9. The van der Waals surface area contributed by atoms with Gasteiger partial charge in [-0.15, -0.1) is 0 Å². The molecule has 1 N–H and O–H groups in total. The Kier molecular flexibility index (Phi) is 6.24. The second-order valence-corrected chi connectivity index (χ2v) is 8.90. The number of Topliss-reactive ketones (excluding diaryl/α,β-unsaturated/α-hetero) is 1. The molecule has 3 aromatic rings. The van der Waals surface area contributed by atoms with Crippen molar-refractivity contribution in [1.29, 1.82) is 5.26 Å². The molecule has 1 aromatic heterocycles. The number of nitrogens with zero attached hydrogens (tertiary/aromatic N) is 4. The van der Waals surface area contributed by atoms with Crippen LogP contribution in [-0.4, -0.2) is 41.0 Å². The zero-order valence-electron chi connectivity index (χ0n) is 19.0. The highest BCUT2D eigenvalue weighted by Crippen LogP contribution is 2.37. The fourth-order valence-corrected chi connectivity index (χ4v) is 4.64. The van der Waals surface area contributed by atoms with Gasteiger partial charge in [0.15, 0.2) is 5.78 Å². The van der Waals surface area contributed by atoms with Crippen LogP contribution in [0.15, 0.2) is 60.8 Å². The van der Waals surface area contributed by atoms with Gasteiger partial charge in [-0.2, -0.15) is 5.26 Å². The largest absolute Gasteiger partial charge is 0.373 e. The molecule has 0 amide bonds. The Morgan fingerprint density at radius 3 is 2.62 bits per heavy atom. The number of nitrogens with one attached hydrogen (secondary N) is 1. The van der Waals surface area contributed by atoms with Crippen LogP contribution in [0.25, 0.3) is 11.3 Å². The van der Waals surface area contributed by atoms with Crippen molar-refractivity contribution in [1.82, 2.24) is 9.97 Å². The maximum Gasteiger partial charge on any atom is 0.227 e. The fraction of sp³-hybridized carbons (Fsp3) is 0.333. The first kappa shape index (κ1) is 22.1. The molecule has 2 aliphatic rings. The summed E-state index contributed by atoms with van der Waals surface area (Å²) in [6, 6.07) is 19.5. The lowest BCUT2D eigenvalue weighted by Crippen LogP contribution is -2.56. The van der Waals surface area contributed by atoms with E-state index in [2.05, 4.69) is 44.5 Å². The predicted octanol–water partition coefficient (Wildman–Crippen LogP) is 5.13. The second kappa shape index (κ2) is 9.62. The minimum atomic E-state index is -0.0264. The Morgan fingerprint density at radius 2 is 1.91 bits per heavy atom. The molecule has 0 saturated carbocycles. The predicted molar refractivity (Wildman–Crippen MR) is 131 cm³/mol. The number of ether oxygens (including phenoxy) is 1. The summed E-state index contributed by atoms with van der Waals surface area (Å²) in [5.41, 5.74) is 4.48. The van der Waals surface area contributed by atoms with Gasteiger partial charge >= 0.3 is 0 Å². The van der Waals surface area contributed by atoms with Crippen LogP contribution in [0.3, 0.4) is 0 Å². The maximum atomic E-state index is 12.1. The van der Waals surface area contributed by atoms with Crippen LogP contribution in [0.2, 0.25) is 0 Å². The number of nitriles is 1. The third kappa shape index (κ3) is 4.78. The fourth-order valence-electron chi connectivity index (χ4n) is 4.64. The molecule has 1 atom stereocenters. The third-order valence-electron chi connectivity index (χ3n) is 6.62. The van der Waals surface area contributed by atoms with Crippen LogP contribution in [0, 0.1) is 11.3 Å². The molecule has 172 valence electrons. The molecule has 0 unspecified atom stereocenters. The minimum absolute atomic E-state index is 0.0264. The van der Waals surface area contributed by atoms with Crippen molar-refractivity contribution in [2.75, 3.05) is 29.9 Å². The van der Waals surface area contributed by atoms with E-state index < -0.39 is 0 Å². The number of rotatable bonds is 7. The molecule has 1 spiro atoms. The first-order valence-corrected chi connectivity index (χ1v) is 11.7. The van der Waals surface area contributed by atoms with Crippen molar-refractivity contribution in [3.63, 3.8) is 0 Å². The smallest absolute Gasteiger partial charge is 0.227 e. The molecule has 2 saturated heterocycles. The van der Waals surface area contributed by atoms with E-state index in [1.54, 1.807) is 18.3 Å². The highest BCUT2D eigenvalue weighted by atomic mass is 16.5. The first-order valence-electron chi connectivity index (χ1n) is 11.7. The summed E-state index contributed by atoms with van der Waals surface area (Å²) in [6.07, 6.45) is 5.68. The highest BCUT2D eigenvalue weighted by molar-refractivity contribution is 5.96. The molecule has 3 heterocycles. The Morgan fingerprint density at radius 1 is 1.12 bits per heavy atom. The normalized spacial score (nSPS) is 19.3. The molecule has 7 nitrogen and oxygen atoms in total. The topological polar surface area (TPSA) is 91.1 Å². The Balaban J connectivity index is 1.24. The second-order valence-electron chi connectivity index (χ2n) is 8.90. The van der Waals surface area contributed by atoms with E-state index in [4.69, 9.17) is 10.00 Å². The lowest BCUT2D eigenvalue weighted by Gasteiger charge is -2.49. The SMILES string of the molecule is N#CCCC(=O)c1ccc(-c2ccnc(Nc3ccc(N4CCC[C@@]5(CCO5)C4)cc3)n2)cc1. The number of hydrogen-bond acceptors (Lipinski definition) is 7. The monoisotopic (exact) mass is 453 g/mol. The minimum Gasteiger partial charge on any atom is -0.373 e. The van der Waals surface area contributed by atoms with E-state index in [0.29, 0.717) is 11.5 Å². The number of benzene rings is 2. The van der Waals surface area contributed by atoms with Gasteiger partial charge < -0.3 is 15.0 Å². The number of ketones is 1. The van der Waals surface area contributed by atoms with Crippen molar-refractivity contribution in [2.24, 2.45) is 0 Å². The molecular weight excluding hydrogens is 426 g/mol. The van der Waals surface area contributed by atoms with Crippen molar-refractivity contribution < 1.29 is 9.53 Å². The van der Waals surface area contributed by atoms with Gasteiger partial charge in [0.25, 0.3) is 0 Å². The van der Waals surface area contributed by atoms with E-state index in [9.17, 15) is 4.79 Å². The third-order valence-corrected chi connectivity index (χ3v) is 6.62. The van der Waals surface area contributed by atoms with E-state index in [1.807, 2.05) is 24.3 Å². The van der Waals surface area contributed by atoms with Gasteiger partial charge in [-0.3, -0.25) is 4.79 Å². The van der Waals surface area contributed by atoms with Crippen LogP contribution < -0.4 is 10.2 Å². The summed E-state index contributed by atoms with van der Waals surface area (Å²) in [5.74, 6) is 0.487. The molecular formula is C27H27N5O2. The van der Waals surface area contributed by atoms with Crippen LogP contribution >= 0.6 is 0 Å². The van der Waals surface area contributed by atoms with Gasteiger partial charge in [-0.25, -0.2) is 9.97 Å². The van der Waals surface area contributed by atoms with Crippen LogP contribution in [-0.2, 0) is 4.74 Å². The van der Waals surface area contributed by atoms with Crippen molar-refractivity contribution in [2.45, 2.75) is 37.7 Å². The molecule has 0 radical (unpaired) electrons. The highest BCUT2D eigenvalue weighted by Gasteiger charge is 2.42. The quantitative estimate of drug-likeness (QED) is 0.496. The van der Waals surface area contributed by atoms with Gasteiger partial charge in [0.2, 0.25) is 5.95 Å². The molecule has 2 fully saturated rings. The average Bonchev–Trinajstić information content (AvgIpc) is 2.87. The molecule has 2 aliphatic heterocycles. The van der Waals surface area contributed by atoms with E-state index in [1.165, 1.54) is 5.69 Å². The Bertz CT molecular complexity index is 1200. The Hall–Kier alpha value is -3.76. The zero-order valence-corrected chi connectivity index (χ0v) is 19.0. The first-order chi connectivity index (χ1) is 16.6. The number of anilines is 3. The van der Waals surface area contributed by atoms with Crippen LogP contribution in [0.1, 0.15) is 42.5 Å². The van der Waals surface area contributed by atoms with Gasteiger partial charge in [-0.1, -0.05) is 24.3 Å². The van der Waals surface area contributed by atoms with Gasteiger partial charge in [0.05, 0.1) is 24.0 Å². The number of carbonyl (C=O) groups is 1. The number of aromatic nitrogens is 2. The summed E-state index contributed by atoms with van der Waals surface area (Å²) < 4.78 is 5.90. The van der Waals surface area contributed by atoms with E-state index in [0.717, 1.165) is 55.9 Å². The number of piperidine rings is 1. The van der Waals surface area contributed by atoms with Crippen LogP contribution in [0.5, 0.6) is 0 Å². The van der Waals surface area contributed by atoms with Gasteiger partial charge in [-0.05, 0) is 43.2 Å². The van der Waals surface area contributed by atoms with Crippen molar-refractivity contribution in [3.05, 3.63) is 66.4 Å². The molecule has 2 aromatic carbocycles. The summed E-state index contributed by atoms with van der Waals surface area (Å²) in [7, 11) is 0. The maximum absolute atomic E-state index is 12.1. The molecule has 7 heteroatoms. The zero-order chi connectivity index (χ0) is 23.4. The molecule has 0 aliphatic carbocycles. The summed E-state index contributed by atoms with van der Waals surface area (Å²) >= 11 is 0. The van der Waals surface area contributed by atoms with E-state index in [-0.39, 0.29) is 24.2 Å². The molecule has 34 heavy (non-hydrogen) atoms. The van der Waals surface area contributed by atoms with E-state index >= 15 is 0 Å². The summed E-state index contributed by atoms with van der Waals surface area (Å²) in [6.45, 7) is 2.92. The van der Waals surface area contributed by atoms with Crippen molar-refractivity contribution in [3.8, 4) is 17.3 Å². The lowest BCUT2D eigenvalue weighted by atomic mass is 9.85. The summed E-state index contributed by atoms with van der Waals surface area (Å²) in [4.78, 5) is 23.5. The lowest BCUT2D eigenvalue weighted by molar-refractivity contribution is -0.150. The Labute approximate surface area is 199 Å². The van der Waals surface area contributed by atoms with Crippen molar-refractivity contribution >= 4 is 23.1 Å². The average molecular weight is 454 g/mol. The molecule has 5 rings (SSSR count). The number of carbonyl (C=O) groups excluding carboxylic acids is 1. The van der Waals surface area contributed by atoms with Crippen LogP contribution in [0.4, 0.5) is 17.3 Å². The van der Waals surface area contributed by atoms with Gasteiger partial charge in [0, 0.05) is 61.1 Å². The molecule has 0 bridgehead atoms.